The van der Waals surface area contributed by atoms with Gasteiger partial charge >= 0.3 is 0 Å². The van der Waals surface area contributed by atoms with Gasteiger partial charge < -0.3 is 15.4 Å². The second kappa shape index (κ2) is 7.65. The summed E-state index contributed by atoms with van der Waals surface area (Å²) in [7, 11) is 0. The molecule has 0 unspecified atom stereocenters. The molecule has 0 saturated carbocycles. The predicted octanol–water partition coefficient (Wildman–Crippen LogP) is 0.529. The van der Waals surface area contributed by atoms with Crippen molar-refractivity contribution >= 4 is 5.91 Å². The Kier molecular flexibility index (Phi) is 6.36. The van der Waals surface area contributed by atoms with Crippen LogP contribution < -0.4 is 10.6 Å². The van der Waals surface area contributed by atoms with E-state index in [4.69, 9.17) is 4.74 Å². The Balaban J connectivity index is 2.02. The minimum atomic E-state index is 0.179. The molecule has 0 aromatic carbocycles. The number of ether oxygens (including phenoxy) is 1. The van der Waals surface area contributed by atoms with E-state index in [1.54, 1.807) is 0 Å². The number of carbonyl (C=O) groups is 1. The molecule has 1 heterocycles. The molecule has 1 rings (SSSR count). The zero-order valence-electron chi connectivity index (χ0n) is 9.55. The van der Waals surface area contributed by atoms with Gasteiger partial charge in [0, 0.05) is 25.7 Å². The molecule has 1 aliphatic rings. The summed E-state index contributed by atoms with van der Waals surface area (Å²) in [5.74, 6) is 0.382. The van der Waals surface area contributed by atoms with Gasteiger partial charge in [-0.05, 0) is 32.4 Å². The molecule has 0 atom stereocenters. The lowest BCUT2D eigenvalue weighted by atomic mass is 9.99. The molecule has 1 saturated heterocycles. The third kappa shape index (κ3) is 5.14. The monoisotopic (exact) mass is 214 g/mol. The summed E-state index contributed by atoms with van der Waals surface area (Å²) in [4.78, 5) is 11.6. The first-order chi connectivity index (χ1) is 7.34. The number of rotatable bonds is 6. The Bertz CT molecular complexity index is 179. The lowest BCUT2D eigenvalue weighted by Crippen LogP contribution is -2.35. The van der Waals surface area contributed by atoms with Crippen molar-refractivity contribution < 1.29 is 9.53 Å². The number of carbonyl (C=O) groups excluding carboxylic acids is 1. The van der Waals surface area contributed by atoms with Crippen LogP contribution in [0.1, 0.15) is 26.2 Å². The van der Waals surface area contributed by atoms with Crippen molar-refractivity contribution in [1.82, 2.24) is 10.6 Å². The third-order valence-electron chi connectivity index (χ3n) is 2.67. The van der Waals surface area contributed by atoms with E-state index in [0.717, 1.165) is 52.1 Å². The lowest BCUT2D eigenvalue weighted by molar-refractivity contribution is -0.127. The second-order valence-corrected chi connectivity index (χ2v) is 3.88. The fourth-order valence-corrected chi connectivity index (χ4v) is 1.71. The van der Waals surface area contributed by atoms with Crippen molar-refractivity contribution in [3.8, 4) is 0 Å². The highest BCUT2D eigenvalue weighted by Crippen LogP contribution is 2.14. The topological polar surface area (TPSA) is 50.4 Å². The first-order valence-corrected chi connectivity index (χ1v) is 5.90. The van der Waals surface area contributed by atoms with Gasteiger partial charge in [0.1, 0.15) is 0 Å². The summed E-state index contributed by atoms with van der Waals surface area (Å²) in [5, 5.41) is 6.21. The average molecular weight is 214 g/mol. The van der Waals surface area contributed by atoms with E-state index in [1.807, 2.05) is 0 Å². The maximum absolute atomic E-state index is 11.6. The Morgan fingerprint density at radius 1 is 1.33 bits per heavy atom. The van der Waals surface area contributed by atoms with Crippen LogP contribution in [0.3, 0.4) is 0 Å². The van der Waals surface area contributed by atoms with Crippen LogP contribution in [0.5, 0.6) is 0 Å². The van der Waals surface area contributed by atoms with Crippen LogP contribution >= 0.6 is 0 Å². The summed E-state index contributed by atoms with van der Waals surface area (Å²) in [6.45, 7) is 6.30. The van der Waals surface area contributed by atoms with Gasteiger partial charge in [-0.15, -0.1) is 0 Å². The molecule has 1 fully saturated rings. The Hall–Kier alpha value is -0.610. The molecule has 0 aromatic heterocycles. The summed E-state index contributed by atoms with van der Waals surface area (Å²) < 4.78 is 5.22. The van der Waals surface area contributed by atoms with Crippen molar-refractivity contribution in [1.29, 1.82) is 0 Å². The minimum Gasteiger partial charge on any atom is -0.381 e. The molecule has 0 radical (unpaired) electrons. The van der Waals surface area contributed by atoms with Gasteiger partial charge in [-0.25, -0.2) is 0 Å². The molecule has 4 heteroatoms. The van der Waals surface area contributed by atoms with Crippen molar-refractivity contribution in [3.63, 3.8) is 0 Å². The Labute approximate surface area is 91.8 Å². The maximum atomic E-state index is 11.6. The third-order valence-corrected chi connectivity index (χ3v) is 2.67. The standard InChI is InChI=1S/C11H22N2O2/c1-2-12-6-3-7-13-11(14)10-4-8-15-9-5-10/h10,12H,2-9H2,1H3,(H,13,14). The first kappa shape index (κ1) is 12.5. The Morgan fingerprint density at radius 2 is 2.07 bits per heavy atom. The number of amides is 1. The molecule has 88 valence electrons. The predicted molar refractivity (Wildman–Crippen MR) is 59.7 cm³/mol. The fraction of sp³-hybridized carbons (Fsp3) is 0.909. The maximum Gasteiger partial charge on any atom is 0.223 e. The van der Waals surface area contributed by atoms with Gasteiger partial charge in [0.05, 0.1) is 0 Å². The fourth-order valence-electron chi connectivity index (χ4n) is 1.71. The van der Waals surface area contributed by atoms with Crippen LogP contribution in [0, 0.1) is 5.92 Å². The first-order valence-electron chi connectivity index (χ1n) is 5.90. The van der Waals surface area contributed by atoms with Crippen LogP contribution in [-0.4, -0.2) is 38.8 Å². The van der Waals surface area contributed by atoms with Gasteiger partial charge in [-0.1, -0.05) is 6.92 Å². The van der Waals surface area contributed by atoms with E-state index in [-0.39, 0.29) is 11.8 Å². The largest absolute Gasteiger partial charge is 0.381 e. The summed E-state index contributed by atoms with van der Waals surface area (Å²) >= 11 is 0. The van der Waals surface area contributed by atoms with E-state index in [9.17, 15) is 4.79 Å². The van der Waals surface area contributed by atoms with Crippen molar-refractivity contribution in [2.24, 2.45) is 5.92 Å². The number of hydrogen-bond donors (Lipinski definition) is 2. The van der Waals surface area contributed by atoms with Gasteiger partial charge in [0.2, 0.25) is 5.91 Å². The van der Waals surface area contributed by atoms with Crippen LogP contribution in [0.25, 0.3) is 0 Å². The highest BCUT2D eigenvalue weighted by Gasteiger charge is 2.20. The van der Waals surface area contributed by atoms with Gasteiger partial charge in [0.25, 0.3) is 0 Å². The molecule has 4 nitrogen and oxygen atoms in total. The molecule has 0 spiro atoms. The van der Waals surface area contributed by atoms with Gasteiger partial charge in [-0.2, -0.15) is 0 Å². The van der Waals surface area contributed by atoms with Crippen LogP contribution in [0.2, 0.25) is 0 Å². The smallest absolute Gasteiger partial charge is 0.223 e. The highest BCUT2D eigenvalue weighted by atomic mass is 16.5. The minimum absolute atomic E-state index is 0.179. The van der Waals surface area contributed by atoms with E-state index >= 15 is 0 Å². The quantitative estimate of drug-likeness (QED) is 0.634. The normalized spacial score (nSPS) is 17.7. The van der Waals surface area contributed by atoms with Gasteiger partial charge in [-0.3, -0.25) is 4.79 Å². The molecule has 2 N–H and O–H groups in total. The molecular formula is C11H22N2O2. The molecule has 15 heavy (non-hydrogen) atoms. The molecule has 1 amide bonds. The summed E-state index contributed by atoms with van der Waals surface area (Å²) in [5.41, 5.74) is 0. The van der Waals surface area contributed by atoms with Crippen LogP contribution in [-0.2, 0) is 9.53 Å². The molecule has 1 aliphatic heterocycles. The Morgan fingerprint density at radius 3 is 2.73 bits per heavy atom. The summed E-state index contributed by atoms with van der Waals surface area (Å²) in [6.07, 6.45) is 2.75. The molecule has 0 aromatic rings. The molecular weight excluding hydrogens is 192 g/mol. The van der Waals surface area contributed by atoms with Crippen LogP contribution in [0.15, 0.2) is 0 Å². The van der Waals surface area contributed by atoms with Gasteiger partial charge in [0.15, 0.2) is 0 Å². The SMILES string of the molecule is CCNCCCNC(=O)C1CCOCC1. The zero-order chi connectivity index (χ0) is 10.9. The van der Waals surface area contributed by atoms with E-state index in [0.29, 0.717) is 0 Å². The summed E-state index contributed by atoms with van der Waals surface area (Å²) in [6, 6.07) is 0. The highest BCUT2D eigenvalue weighted by molar-refractivity contribution is 5.78. The van der Waals surface area contributed by atoms with Crippen molar-refractivity contribution in [3.05, 3.63) is 0 Å². The molecule has 0 bridgehead atoms. The van der Waals surface area contributed by atoms with Crippen molar-refractivity contribution in [2.75, 3.05) is 32.8 Å². The number of hydrogen-bond acceptors (Lipinski definition) is 3. The number of nitrogens with one attached hydrogen (secondary N) is 2. The van der Waals surface area contributed by atoms with Crippen molar-refractivity contribution in [2.45, 2.75) is 26.2 Å². The van der Waals surface area contributed by atoms with E-state index < -0.39 is 0 Å². The second-order valence-electron chi connectivity index (χ2n) is 3.88. The lowest BCUT2D eigenvalue weighted by Gasteiger charge is -2.21. The van der Waals surface area contributed by atoms with E-state index in [2.05, 4.69) is 17.6 Å². The zero-order valence-corrected chi connectivity index (χ0v) is 9.55. The van der Waals surface area contributed by atoms with Crippen LogP contribution in [0.4, 0.5) is 0 Å². The average Bonchev–Trinajstić information content (AvgIpc) is 2.30. The van der Waals surface area contributed by atoms with E-state index in [1.165, 1.54) is 0 Å². The molecule has 0 aliphatic carbocycles.